The van der Waals surface area contributed by atoms with E-state index in [1.54, 1.807) is 18.2 Å². The Labute approximate surface area is 162 Å². The molecule has 2 rings (SSSR count). The first kappa shape index (κ1) is 21.6. The van der Waals surface area contributed by atoms with E-state index in [0.29, 0.717) is 11.5 Å². The summed E-state index contributed by atoms with van der Waals surface area (Å²) in [5, 5.41) is 16.7. The smallest absolute Gasteiger partial charge is 0.191 e. The number of hydrogen-bond acceptors (Lipinski definition) is 3. The third-order valence-corrected chi connectivity index (χ3v) is 5.29. The van der Waals surface area contributed by atoms with Crippen LogP contribution in [0.4, 0.5) is 4.39 Å². The van der Waals surface area contributed by atoms with Crippen LogP contribution in [0.25, 0.3) is 0 Å². The first-order chi connectivity index (χ1) is 13.1. The highest BCUT2D eigenvalue weighted by Gasteiger charge is 2.33. The maximum absolute atomic E-state index is 13.8. The average Bonchev–Trinajstić information content (AvgIpc) is 3.13. The minimum atomic E-state index is -0.923. The van der Waals surface area contributed by atoms with Gasteiger partial charge in [-0.05, 0) is 44.6 Å². The molecule has 0 aliphatic heterocycles. The van der Waals surface area contributed by atoms with Crippen LogP contribution in [-0.2, 0) is 4.74 Å². The van der Waals surface area contributed by atoms with Gasteiger partial charge in [-0.25, -0.2) is 4.39 Å². The molecule has 0 spiro atoms. The lowest BCUT2D eigenvalue weighted by molar-refractivity contribution is 0.107. The minimum absolute atomic E-state index is 0.207. The van der Waals surface area contributed by atoms with E-state index in [1.165, 1.54) is 31.7 Å². The van der Waals surface area contributed by atoms with E-state index < -0.39 is 11.9 Å². The first-order valence-electron chi connectivity index (χ1n) is 10.1. The van der Waals surface area contributed by atoms with Crippen LogP contribution < -0.4 is 10.6 Å². The quantitative estimate of drug-likeness (QED) is 0.331. The number of hydrogen-bond donors (Lipinski definition) is 3. The van der Waals surface area contributed by atoms with Crippen LogP contribution in [0.5, 0.6) is 0 Å². The van der Waals surface area contributed by atoms with E-state index >= 15 is 0 Å². The second kappa shape index (κ2) is 11.2. The third kappa shape index (κ3) is 6.78. The fourth-order valence-electron chi connectivity index (χ4n) is 3.68. The van der Waals surface area contributed by atoms with Crippen LogP contribution in [-0.4, -0.2) is 43.9 Å². The number of rotatable bonds is 10. The maximum Gasteiger partial charge on any atom is 0.191 e. The Bertz CT molecular complexity index is 589. The zero-order valence-electron chi connectivity index (χ0n) is 16.6. The molecule has 3 N–H and O–H groups in total. The fourth-order valence-corrected chi connectivity index (χ4v) is 3.68. The SMILES string of the molecule is CCNC(=NCC1(CCOCC)CCCC1)NCC(O)c1ccccc1F. The molecule has 1 saturated carbocycles. The van der Waals surface area contributed by atoms with Crippen LogP contribution in [0.1, 0.15) is 57.6 Å². The molecule has 152 valence electrons. The van der Waals surface area contributed by atoms with Gasteiger partial charge in [-0.3, -0.25) is 4.99 Å². The zero-order valence-corrected chi connectivity index (χ0v) is 16.6. The molecule has 6 heteroatoms. The summed E-state index contributed by atoms with van der Waals surface area (Å²) < 4.78 is 19.4. The molecule has 1 aliphatic carbocycles. The number of aliphatic hydroxyl groups excluding tert-OH is 1. The third-order valence-electron chi connectivity index (χ3n) is 5.29. The van der Waals surface area contributed by atoms with Crippen LogP contribution in [0.3, 0.4) is 0 Å². The van der Waals surface area contributed by atoms with Crippen molar-refractivity contribution in [3.8, 4) is 0 Å². The minimum Gasteiger partial charge on any atom is -0.386 e. The van der Waals surface area contributed by atoms with Crippen molar-refractivity contribution in [2.24, 2.45) is 10.4 Å². The highest BCUT2D eigenvalue weighted by Crippen LogP contribution is 2.41. The van der Waals surface area contributed by atoms with Gasteiger partial charge in [0, 0.05) is 38.4 Å². The van der Waals surface area contributed by atoms with Crippen molar-refractivity contribution >= 4 is 5.96 Å². The summed E-state index contributed by atoms with van der Waals surface area (Å²) in [4.78, 5) is 4.77. The molecule has 1 aromatic rings. The average molecular weight is 380 g/mol. The molecule has 0 radical (unpaired) electrons. The zero-order chi connectivity index (χ0) is 19.5. The van der Waals surface area contributed by atoms with Gasteiger partial charge >= 0.3 is 0 Å². The van der Waals surface area contributed by atoms with Crippen molar-refractivity contribution in [1.82, 2.24) is 10.6 Å². The largest absolute Gasteiger partial charge is 0.386 e. The molecule has 0 bridgehead atoms. The molecule has 1 aliphatic rings. The van der Waals surface area contributed by atoms with Crippen molar-refractivity contribution < 1.29 is 14.2 Å². The van der Waals surface area contributed by atoms with E-state index in [4.69, 9.17) is 9.73 Å². The number of nitrogens with zero attached hydrogens (tertiary/aromatic N) is 1. The van der Waals surface area contributed by atoms with Gasteiger partial charge in [0.1, 0.15) is 5.82 Å². The summed E-state index contributed by atoms with van der Waals surface area (Å²) in [5.41, 5.74) is 0.506. The van der Waals surface area contributed by atoms with Gasteiger partial charge in [0.15, 0.2) is 5.96 Å². The number of aliphatic imine (C=N–C) groups is 1. The Kier molecular flexibility index (Phi) is 9.01. The lowest BCUT2D eigenvalue weighted by Gasteiger charge is -2.27. The van der Waals surface area contributed by atoms with E-state index in [-0.39, 0.29) is 12.0 Å². The number of aliphatic hydroxyl groups is 1. The second-order valence-corrected chi connectivity index (χ2v) is 7.27. The molecule has 1 unspecified atom stereocenters. The van der Waals surface area contributed by atoms with E-state index in [1.807, 2.05) is 13.8 Å². The number of nitrogens with one attached hydrogen (secondary N) is 2. The number of guanidine groups is 1. The van der Waals surface area contributed by atoms with Gasteiger partial charge < -0.3 is 20.5 Å². The molecule has 1 aromatic carbocycles. The van der Waals surface area contributed by atoms with Crippen LogP contribution >= 0.6 is 0 Å². The highest BCUT2D eigenvalue weighted by atomic mass is 19.1. The Hall–Kier alpha value is -1.66. The van der Waals surface area contributed by atoms with Crippen LogP contribution in [0, 0.1) is 11.2 Å². The molecule has 0 amide bonds. The molecule has 5 nitrogen and oxygen atoms in total. The van der Waals surface area contributed by atoms with Crippen molar-refractivity contribution in [1.29, 1.82) is 0 Å². The molecule has 0 aromatic heterocycles. The monoisotopic (exact) mass is 379 g/mol. The summed E-state index contributed by atoms with van der Waals surface area (Å²) in [6, 6.07) is 6.31. The van der Waals surface area contributed by atoms with Crippen molar-refractivity contribution in [2.45, 2.75) is 52.1 Å². The number of halogens is 1. The highest BCUT2D eigenvalue weighted by molar-refractivity contribution is 5.79. The van der Waals surface area contributed by atoms with Gasteiger partial charge in [0.05, 0.1) is 6.10 Å². The predicted molar refractivity (Wildman–Crippen MR) is 107 cm³/mol. The number of benzene rings is 1. The Balaban J connectivity index is 1.95. The Morgan fingerprint density at radius 2 is 2.00 bits per heavy atom. The fraction of sp³-hybridized carbons (Fsp3) is 0.667. The second-order valence-electron chi connectivity index (χ2n) is 7.27. The lowest BCUT2D eigenvalue weighted by Crippen LogP contribution is -2.40. The van der Waals surface area contributed by atoms with Gasteiger partial charge in [0.25, 0.3) is 0 Å². The molecule has 1 fully saturated rings. The molecular formula is C21H34FN3O2. The molecular weight excluding hydrogens is 345 g/mol. The molecule has 1 atom stereocenters. The van der Waals surface area contributed by atoms with Gasteiger partial charge in [-0.1, -0.05) is 31.0 Å². The summed E-state index contributed by atoms with van der Waals surface area (Å²) in [7, 11) is 0. The topological polar surface area (TPSA) is 65.9 Å². The standard InChI is InChI=1S/C21H34FN3O2/c1-3-23-20(24-15-19(26)17-9-5-6-10-18(17)22)25-16-21(11-7-8-12-21)13-14-27-4-2/h5-6,9-10,19,26H,3-4,7-8,11-16H2,1-2H3,(H2,23,24,25). The van der Waals surface area contributed by atoms with Crippen LogP contribution in [0.2, 0.25) is 0 Å². The molecule has 0 saturated heterocycles. The van der Waals surface area contributed by atoms with E-state index in [0.717, 1.165) is 32.7 Å². The van der Waals surface area contributed by atoms with Gasteiger partial charge in [-0.2, -0.15) is 0 Å². The predicted octanol–water partition coefficient (Wildman–Crippen LogP) is 3.40. The summed E-state index contributed by atoms with van der Waals surface area (Å²) in [6.07, 6.45) is 4.96. The van der Waals surface area contributed by atoms with Crippen LogP contribution in [0.15, 0.2) is 29.3 Å². The maximum atomic E-state index is 13.8. The molecule has 27 heavy (non-hydrogen) atoms. The summed E-state index contributed by atoms with van der Waals surface area (Å²) in [5.74, 6) is 0.269. The number of ether oxygens (including phenoxy) is 1. The normalized spacial score (nSPS) is 17.7. The Morgan fingerprint density at radius 1 is 1.26 bits per heavy atom. The van der Waals surface area contributed by atoms with Crippen molar-refractivity contribution in [2.75, 3.05) is 32.8 Å². The van der Waals surface area contributed by atoms with E-state index in [9.17, 15) is 9.50 Å². The molecule has 0 heterocycles. The summed E-state index contributed by atoms with van der Waals surface area (Å²) in [6.45, 7) is 7.23. The summed E-state index contributed by atoms with van der Waals surface area (Å²) >= 11 is 0. The van der Waals surface area contributed by atoms with Gasteiger partial charge in [-0.15, -0.1) is 0 Å². The Morgan fingerprint density at radius 3 is 2.67 bits per heavy atom. The van der Waals surface area contributed by atoms with E-state index in [2.05, 4.69) is 10.6 Å². The lowest BCUT2D eigenvalue weighted by atomic mass is 9.83. The first-order valence-corrected chi connectivity index (χ1v) is 10.1. The van der Waals surface area contributed by atoms with Crippen molar-refractivity contribution in [3.63, 3.8) is 0 Å². The van der Waals surface area contributed by atoms with Gasteiger partial charge in [0.2, 0.25) is 0 Å². The van der Waals surface area contributed by atoms with Crippen molar-refractivity contribution in [3.05, 3.63) is 35.6 Å².